The molecule has 2 fully saturated rings. The van der Waals surface area contributed by atoms with Gasteiger partial charge < -0.3 is 5.11 Å². The molecule has 1 saturated heterocycles. The zero-order valence-corrected chi connectivity index (χ0v) is 12.5. The largest absolute Gasteiger partial charge is 0.480 e. The van der Waals surface area contributed by atoms with E-state index in [1.807, 2.05) is 42.5 Å². The lowest BCUT2D eigenvalue weighted by molar-refractivity contribution is -0.155. The molecular formula is C18H17NO4. The first-order valence-corrected chi connectivity index (χ1v) is 7.90. The highest BCUT2D eigenvalue weighted by atomic mass is 16.4. The molecule has 1 aromatic carbocycles. The standard InChI is InChI=1S/C18H17NO4/c20-16-14-11-6-7-12(9-11)15(14)17(21)19(16)13(18(22)23)8-10-4-2-1-3-5-10/h1-7,11-15H,8-9H2,(H,22,23)/t11-,12+,13-,14+,15+/m1/s1. The van der Waals surface area contributed by atoms with Crippen molar-refractivity contribution in [1.82, 2.24) is 4.90 Å². The van der Waals surface area contributed by atoms with Crippen molar-refractivity contribution in [3.8, 4) is 0 Å². The van der Waals surface area contributed by atoms with Gasteiger partial charge in [0.05, 0.1) is 11.8 Å². The minimum Gasteiger partial charge on any atom is -0.480 e. The molecule has 5 heteroatoms. The van der Waals surface area contributed by atoms with Gasteiger partial charge in [0.15, 0.2) is 0 Å². The summed E-state index contributed by atoms with van der Waals surface area (Å²) in [6.45, 7) is 0. The van der Waals surface area contributed by atoms with Gasteiger partial charge in [0.2, 0.25) is 11.8 Å². The monoisotopic (exact) mass is 311 g/mol. The van der Waals surface area contributed by atoms with E-state index < -0.39 is 12.0 Å². The molecule has 0 spiro atoms. The molecule has 5 nitrogen and oxygen atoms in total. The number of hydrogen-bond acceptors (Lipinski definition) is 3. The SMILES string of the molecule is O=C(O)[C@@H](Cc1ccccc1)N1C(=O)[C@@H]2[C@@H](C1=O)[C@H]1C=C[C@@H]2C1. The fourth-order valence-electron chi connectivity index (χ4n) is 4.36. The Morgan fingerprint density at radius 2 is 1.65 bits per heavy atom. The molecule has 1 heterocycles. The number of carboxylic acid groups (broad SMARTS) is 1. The summed E-state index contributed by atoms with van der Waals surface area (Å²) in [6, 6.07) is 7.99. The molecule has 2 amide bonds. The zero-order valence-electron chi connectivity index (χ0n) is 12.5. The minimum absolute atomic E-state index is 0.0950. The first kappa shape index (κ1) is 14.2. The number of carbonyl (C=O) groups is 3. The van der Waals surface area contributed by atoms with E-state index in [-0.39, 0.29) is 41.9 Å². The quantitative estimate of drug-likeness (QED) is 0.675. The summed E-state index contributed by atoms with van der Waals surface area (Å²) < 4.78 is 0. The third kappa shape index (κ3) is 2.03. The van der Waals surface area contributed by atoms with E-state index in [1.54, 1.807) is 0 Å². The highest BCUT2D eigenvalue weighted by Gasteiger charge is 2.61. The second-order valence-corrected chi connectivity index (χ2v) is 6.59. The molecule has 0 unspecified atom stereocenters. The number of hydrogen-bond donors (Lipinski definition) is 1. The highest BCUT2D eigenvalue weighted by molar-refractivity contribution is 6.08. The van der Waals surface area contributed by atoms with Gasteiger partial charge in [-0.2, -0.15) is 0 Å². The van der Waals surface area contributed by atoms with Gasteiger partial charge in [0, 0.05) is 6.42 Å². The third-order valence-electron chi connectivity index (χ3n) is 5.37. The molecule has 2 aliphatic carbocycles. The Hall–Kier alpha value is -2.43. The second-order valence-electron chi connectivity index (χ2n) is 6.59. The molecule has 0 aromatic heterocycles. The maximum atomic E-state index is 12.7. The molecule has 1 aliphatic heterocycles. The number of likely N-dealkylation sites (tertiary alicyclic amines) is 1. The van der Waals surface area contributed by atoms with Gasteiger partial charge in [0.1, 0.15) is 6.04 Å². The van der Waals surface area contributed by atoms with Crippen LogP contribution >= 0.6 is 0 Å². The van der Waals surface area contributed by atoms with Crippen molar-refractivity contribution in [2.45, 2.75) is 18.9 Å². The number of fused-ring (bicyclic) bond motifs is 5. The van der Waals surface area contributed by atoms with E-state index in [4.69, 9.17) is 0 Å². The van der Waals surface area contributed by atoms with E-state index in [1.165, 1.54) is 0 Å². The number of nitrogens with zero attached hydrogens (tertiary/aromatic N) is 1. The van der Waals surface area contributed by atoms with Gasteiger partial charge in [-0.05, 0) is 23.8 Å². The van der Waals surface area contributed by atoms with Crippen molar-refractivity contribution in [3.05, 3.63) is 48.0 Å². The lowest BCUT2D eigenvalue weighted by atomic mass is 9.85. The van der Waals surface area contributed by atoms with Gasteiger partial charge in [-0.3, -0.25) is 14.5 Å². The van der Waals surface area contributed by atoms with E-state index >= 15 is 0 Å². The van der Waals surface area contributed by atoms with Crippen LogP contribution in [0.1, 0.15) is 12.0 Å². The van der Waals surface area contributed by atoms with E-state index in [0.717, 1.165) is 16.9 Å². The predicted molar refractivity (Wildman–Crippen MR) is 81.1 cm³/mol. The van der Waals surface area contributed by atoms with Crippen molar-refractivity contribution < 1.29 is 19.5 Å². The first-order valence-electron chi connectivity index (χ1n) is 7.90. The molecule has 2 bridgehead atoms. The average molecular weight is 311 g/mol. The Balaban J connectivity index is 1.64. The van der Waals surface area contributed by atoms with Crippen molar-refractivity contribution in [3.63, 3.8) is 0 Å². The summed E-state index contributed by atoms with van der Waals surface area (Å²) in [5.74, 6) is -2.25. The predicted octanol–water partition coefficient (Wildman–Crippen LogP) is 1.49. The summed E-state index contributed by atoms with van der Waals surface area (Å²) >= 11 is 0. The number of rotatable bonds is 4. The number of allylic oxidation sites excluding steroid dienone is 2. The minimum atomic E-state index is -1.13. The van der Waals surface area contributed by atoms with Crippen LogP contribution in [-0.2, 0) is 20.8 Å². The van der Waals surface area contributed by atoms with Crippen LogP contribution in [0, 0.1) is 23.7 Å². The van der Waals surface area contributed by atoms with Gasteiger partial charge in [-0.15, -0.1) is 0 Å². The molecule has 4 rings (SSSR count). The molecule has 1 N–H and O–H groups in total. The number of carboxylic acids is 1. The van der Waals surface area contributed by atoms with Crippen LogP contribution in [0.3, 0.4) is 0 Å². The number of aliphatic carboxylic acids is 1. The van der Waals surface area contributed by atoms with Gasteiger partial charge in [-0.1, -0.05) is 42.5 Å². The maximum absolute atomic E-state index is 12.7. The lowest BCUT2D eigenvalue weighted by Gasteiger charge is -2.24. The maximum Gasteiger partial charge on any atom is 0.327 e. The molecule has 1 aromatic rings. The van der Waals surface area contributed by atoms with Crippen molar-refractivity contribution in [2.75, 3.05) is 0 Å². The van der Waals surface area contributed by atoms with Crippen LogP contribution in [0.5, 0.6) is 0 Å². The molecule has 3 aliphatic rings. The number of amides is 2. The Morgan fingerprint density at radius 1 is 1.09 bits per heavy atom. The Morgan fingerprint density at radius 3 is 2.17 bits per heavy atom. The fourth-order valence-corrected chi connectivity index (χ4v) is 4.36. The summed E-state index contributed by atoms with van der Waals surface area (Å²) in [6.07, 6.45) is 5.01. The Bertz CT molecular complexity index is 681. The van der Waals surface area contributed by atoms with Gasteiger partial charge in [0.25, 0.3) is 0 Å². The molecule has 1 saturated carbocycles. The van der Waals surface area contributed by atoms with Crippen LogP contribution in [0.25, 0.3) is 0 Å². The smallest absolute Gasteiger partial charge is 0.327 e. The van der Waals surface area contributed by atoms with Crippen molar-refractivity contribution in [2.24, 2.45) is 23.7 Å². The van der Waals surface area contributed by atoms with Crippen LogP contribution in [0.4, 0.5) is 0 Å². The van der Waals surface area contributed by atoms with Crippen molar-refractivity contribution >= 4 is 17.8 Å². The van der Waals surface area contributed by atoms with Gasteiger partial charge in [-0.25, -0.2) is 4.79 Å². The van der Waals surface area contributed by atoms with Crippen LogP contribution in [0.2, 0.25) is 0 Å². The van der Waals surface area contributed by atoms with Crippen LogP contribution in [-0.4, -0.2) is 33.8 Å². The van der Waals surface area contributed by atoms with E-state index in [0.29, 0.717) is 0 Å². The van der Waals surface area contributed by atoms with Crippen LogP contribution in [0.15, 0.2) is 42.5 Å². The zero-order chi connectivity index (χ0) is 16.1. The number of imide groups is 1. The van der Waals surface area contributed by atoms with E-state index in [2.05, 4.69) is 0 Å². The summed E-state index contributed by atoms with van der Waals surface area (Å²) in [5.41, 5.74) is 0.804. The lowest BCUT2D eigenvalue weighted by Crippen LogP contribution is -2.47. The molecule has 118 valence electrons. The third-order valence-corrected chi connectivity index (χ3v) is 5.37. The van der Waals surface area contributed by atoms with Crippen molar-refractivity contribution in [1.29, 1.82) is 0 Å². The normalized spacial score (nSPS) is 32.4. The number of carbonyl (C=O) groups excluding carboxylic acids is 2. The average Bonchev–Trinajstić information content (AvgIpc) is 3.21. The summed E-state index contributed by atoms with van der Waals surface area (Å²) in [7, 11) is 0. The second kappa shape index (κ2) is 5.05. The van der Waals surface area contributed by atoms with Crippen LogP contribution < -0.4 is 0 Å². The number of benzene rings is 1. The summed E-state index contributed by atoms with van der Waals surface area (Å²) in [4.78, 5) is 38.2. The topological polar surface area (TPSA) is 74.7 Å². The fraction of sp³-hybridized carbons (Fsp3) is 0.389. The molecule has 0 radical (unpaired) electrons. The molecule has 23 heavy (non-hydrogen) atoms. The Labute approximate surface area is 133 Å². The van der Waals surface area contributed by atoms with E-state index in [9.17, 15) is 19.5 Å². The first-order chi connectivity index (χ1) is 11.1. The molecule has 5 atom stereocenters. The summed E-state index contributed by atoms with van der Waals surface area (Å²) in [5, 5.41) is 9.58. The van der Waals surface area contributed by atoms with Gasteiger partial charge >= 0.3 is 5.97 Å². The highest BCUT2D eigenvalue weighted by Crippen LogP contribution is 2.52. The Kier molecular flexibility index (Phi) is 3.11. The molecular weight excluding hydrogens is 294 g/mol.